The Kier molecular flexibility index (Phi) is 5.20. The number of carbonyl (C=O) groups is 1. The predicted octanol–water partition coefficient (Wildman–Crippen LogP) is 1.11. The molecule has 2 fully saturated rings. The maximum Gasteiger partial charge on any atom is 0.276 e. The minimum Gasteiger partial charge on any atom is -0.378 e. The van der Waals surface area contributed by atoms with Crippen LogP contribution in [0.5, 0.6) is 0 Å². The van der Waals surface area contributed by atoms with Gasteiger partial charge in [-0.2, -0.15) is 0 Å². The molecule has 2 saturated heterocycles. The molecule has 3 heterocycles. The van der Waals surface area contributed by atoms with Crippen molar-refractivity contribution in [2.24, 2.45) is 0 Å². The largest absolute Gasteiger partial charge is 0.378 e. The summed E-state index contributed by atoms with van der Waals surface area (Å²) in [6.07, 6.45) is 4.11. The summed E-state index contributed by atoms with van der Waals surface area (Å²) in [5, 5.41) is 0. The Hall–Kier alpha value is -1.70. The van der Waals surface area contributed by atoms with Gasteiger partial charge in [0.05, 0.1) is 18.8 Å². The molecule has 1 N–H and O–H groups in total. The number of hydroxylamine groups is 1. The number of hydrogen-bond acceptors (Lipinski definition) is 6. The van der Waals surface area contributed by atoms with Gasteiger partial charge in [0.1, 0.15) is 5.82 Å². The molecule has 2 aliphatic heterocycles. The van der Waals surface area contributed by atoms with Crippen LogP contribution in [0.3, 0.4) is 0 Å². The quantitative estimate of drug-likeness (QED) is 0.840. The Labute approximate surface area is 129 Å². The van der Waals surface area contributed by atoms with Crippen LogP contribution >= 0.6 is 0 Å². The molecule has 0 unspecified atom stereocenters. The van der Waals surface area contributed by atoms with E-state index in [0.717, 1.165) is 38.2 Å². The van der Waals surface area contributed by atoms with Crippen LogP contribution < -0.4 is 10.4 Å². The van der Waals surface area contributed by atoms with Crippen molar-refractivity contribution in [2.45, 2.75) is 25.6 Å². The first-order chi connectivity index (χ1) is 10.8. The second kappa shape index (κ2) is 7.53. The normalized spacial score (nSPS) is 22.4. The number of amides is 1. The van der Waals surface area contributed by atoms with Crippen LogP contribution in [-0.4, -0.2) is 50.1 Å². The molecule has 0 aromatic carbocycles. The van der Waals surface area contributed by atoms with Gasteiger partial charge in [-0.05, 0) is 25.0 Å². The Bertz CT molecular complexity index is 482. The van der Waals surface area contributed by atoms with Crippen molar-refractivity contribution in [3.63, 3.8) is 0 Å². The predicted molar refractivity (Wildman–Crippen MR) is 79.4 cm³/mol. The van der Waals surface area contributed by atoms with Gasteiger partial charge < -0.3 is 14.4 Å². The topological polar surface area (TPSA) is 72.9 Å². The van der Waals surface area contributed by atoms with E-state index >= 15 is 0 Å². The van der Waals surface area contributed by atoms with Crippen molar-refractivity contribution in [3.05, 3.63) is 23.9 Å². The number of rotatable bonds is 4. The molecule has 0 radical (unpaired) electrons. The summed E-state index contributed by atoms with van der Waals surface area (Å²) in [6.45, 7) is 3.73. The first-order valence-corrected chi connectivity index (χ1v) is 7.69. The van der Waals surface area contributed by atoms with Gasteiger partial charge in [0.15, 0.2) is 6.29 Å². The zero-order chi connectivity index (χ0) is 15.2. The van der Waals surface area contributed by atoms with Gasteiger partial charge in [-0.1, -0.05) is 0 Å². The highest BCUT2D eigenvalue weighted by atomic mass is 16.8. The molecular formula is C15H21N3O4. The molecule has 0 spiro atoms. The molecule has 0 saturated carbocycles. The van der Waals surface area contributed by atoms with E-state index in [2.05, 4.69) is 15.4 Å². The second-order valence-electron chi connectivity index (χ2n) is 5.35. The van der Waals surface area contributed by atoms with Gasteiger partial charge in [0.2, 0.25) is 0 Å². The molecule has 3 rings (SSSR count). The van der Waals surface area contributed by atoms with Crippen LogP contribution in [0.2, 0.25) is 0 Å². The number of nitrogens with one attached hydrogen (secondary N) is 1. The van der Waals surface area contributed by atoms with Crippen LogP contribution in [0.1, 0.15) is 29.6 Å². The third-order valence-electron chi connectivity index (χ3n) is 3.77. The molecule has 22 heavy (non-hydrogen) atoms. The third kappa shape index (κ3) is 3.94. The molecule has 1 aromatic heterocycles. The van der Waals surface area contributed by atoms with Gasteiger partial charge in [-0.25, -0.2) is 15.3 Å². The van der Waals surface area contributed by atoms with Crippen molar-refractivity contribution >= 4 is 11.7 Å². The molecule has 1 aromatic rings. The number of aromatic nitrogens is 1. The van der Waals surface area contributed by atoms with E-state index in [0.29, 0.717) is 25.4 Å². The standard InChI is InChI=1S/C15H21N3O4/c19-15(17-22-14-3-1-2-8-21-14)12-4-5-13(16-11-12)18-6-9-20-10-7-18/h4-5,11,14H,1-3,6-10H2,(H,17,19)/t14-/m0/s1. The molecule has 1 atom stereocenters. The average Bonchev–Trinajstić information content (AvgIpc) is 2.61. The molecular weight excluding hydrogens is 286 g/mol. The summed E-state index contributed by atoms with van der Waals surface area (Å²) in [5.74, 6) is 0.548. The zero-order valence-electron chi connectivity index (χ0n) is 12.5. The molecule has 2 aliphatic rings. The minimum atomic E-state index is -0.349. The monoisotopic (exact) mass is 307 g/mol. The van der Waals surface area contributed by atoms with Crippen molar-refractivity contribution in [1.29, 1.82) is 0 Å². The Morgan fingerprint density at radius 1 is 1.27 bits per heavy atom. The van der Waals surface area contributed by atoms with E-state index in [9.17, 15) is 4.79 Å². The highest BCUT2D eigenvalue weighted by Gasteiger charge is 2.17. The number of hydrogen-bond donors (Lipinski definition) is 1. The fourth-order valence-corrected chi connectivity index (χ4v) is 2.48. The molecule has 7 nitrogen and oxygen atoms in total. The summed E-state index contributed by atoms with van der Waals surface area (Å²) in [4.78, 5) is 23.8. The first kappa shape index (κ1) is 15.2. The highest BCUT2D eigenvalue weighted by Crippen LogP contribution is 2.14. The maximum atomic E-state index is 12.0. The minimum absolute atomic E-state index is 0.310. The first-order valence-electron chi connectivity index (χ1n) is 7.69. The van der Waals surface area contributed by atoms with Crippen LogP contribution in [0.4, 0.5) is 5.82 Å². The molecule has 0 aliphatic carbocycles. The smallest absolute Gasteiger partial charge is 0.276 e. The summed E-state index contributed by atoms with van der Waals surface area (Å²) < 4.78 is 10.7. The Balaban J connectivity index is 1.51. The Morgan fingerprint density at radius 3 is 2.82 bits per heavy atom. The number of ether oxygens (including phenoxy) is 2. The van der Waals surface area contributed by atoms with E-state index < -0.39 is 0 Å². The zero-order valence-corrected chi connectivity index (χ0v) is 12.5. The molecule has 1 amide bonds. The lowest BCUT2D eigenvalue weighted by Gasteiger charge is -2.27. The fourth-order valence-electron chi connectivity index (χ4n) is 2.48. The van der Waals surface area contributed by atoms with E-state index in [-0.39, 0.29) is 12.2 Å². The van der Waals surface area contributed by atoms with E-state index in [1.807, 2.05) is 6.07 Å². The van der Waals surface area contributed by atoms with E-state index in [1.165, 1.54) is 0 Å². The highest BCUT2D eigenvalue weighted by molar-refractivity contribution is 5.93. The lowest BCUT2D eigenvalue weighted by atomic mass is 10.2. The summed E-state index contributed by atoms with van der Waals surface area (Å²) >= 11 is 0. The number of anilines is 1. The molecule has 0 bridgehead atoms. The van der Waals surface area contributed by atoms with Crippen molar-refractivity contribution in [1.82, 2.24) is 10.5 Å². The lowest BCUT2D eigenvalue weighted by Crippen LogP contribution is -2.37. The van der Waals surface area contributed by atoms with Crippen LogP contribution in [0.15, 0.2) is 18.3 Å². The fraction of sp³-hybridized carbons (Fsp3) is 0.600. The molecule has 120 valence electrons. The Morgan fingerprint density at radius 2 is 2.14 bits per heavy atom. The number of nitrogens with zero attached hydrogens (tertiary/aromatic N) is 2. The SMILES string of the molecule is O=C(NO[C@H]1CCCCO1)c1ccc(N2CCOCC2)nc1. The third-order valence-corrected chi connectivity index (χ3v) is 3.77. The van der Waals surface area contributed by atoms with Gasteiger partial charge in [-0.15, -0.1) is 0 Å². The van der Waals surface area contributed by atoms with Gasteiger partial charge in [0, 0.05) is 32.3 Å². The van der Waals surface area contributed by atoms with Gasteiger partial charge in [0.25, 0.3) is 5.91 Å². The van der Waals surface area contributed by atoms with Crippen LogP contribution in [0, 0.1) is 0 Å². The second-order valence-corrected chi connectivity index (χ2v) is 5.35. The summed E-state index contributed by atoms with van der Waals surface area (Å²) in [6, 6.07) is 3.59. The van der Waals surface area contributed by atoms with Gasteiger partial charge in [-0.3, -0.25) is 4.79 Å². The van der Waals surface area contributed by atoms with E-state index in [4.69, 9.17) is 14.3 Å². The number of morpholine rings is 1. The van der Waals surface area contributed by atoms with Crippen molar-refractivity contribution in [2.75, 3.05) is 37.8 Å². The molecule has 7 heteroatoms. The van der Waals surface area contributed by atoms with Gasteiger partial charge >= 0.3 is 0 Å². The summed E-state index contributed by atoms with van der Waals surface area (Å²) in [5.41, 5.74) is 2.90. The maximum absolute atomic E-state index is 12.0. The van der Waals surface area contributed by atoms with E-state index in [1.54, 1.807) is 12.3 Å². The number of pyridine rings is 1. The number of carbonyl (C=O) groups excluding carboxylic acids is 1. The van der Waals surface area contributed by atoms with Crippen LogP contribution in [0.25, 0.3) is 0 Å². The van der Waals surface area contributed by atoms with Crippen molar-refractivity contribution in [3.8, 4) is 0 Å². The van der Waals surface area contributed by atoms with Crippen molar-refractivity contribution < 1.29 is 19.1 Å². The average molecular weight is 307 g/mol. The lowest BCUT2D eigenvalue weighted by molar-refractivity contribution is -0.186. The summed E-state index contributed by atoms with van der Waals surface area (Å²) in [7, 11) is 0. The van der Waals surface area contributed by atoms with Crippen LogP contribution in [-0.2, 0) is 14.3 Å².